The van der Waals surface area contributed by atoms with E-state index in [0.29, 0.717) is 39.1 Å². The Labute approximate surface area is 395 Å². The first-order valence-corrected chi connectivity index (χ1v) is 21.5. The molecule has 0 N–H and O–H groups in total. The van der Waals surface area contributed by atoms with Gasteiger partial charge in [-0.3, -0.25) is 0 Å². The Kier molecular flexibility index (Phi) is 8.83. The second-order valence-electron chi connectivity index (χ2n) is 18.9. The van der Waals surface area contributed by atoms with Crippen LogP contribution >= 0.6 is 0 Å². The SMILES string of the molecule is [2H]c1c([2H])c([2H])c2c(c1[2H])c1ccc(Oc3[c-]c(N4[CH-]n5c6c(C)cccc6c6cc(C)ccc6c6ccccc6c6cccc4c65)cc(C(C)(C)C)c3)[c-]c1n2-c1cc(C(C)(C)C)ccn1.[Pt]. The second kappa shape index (κ2) is 15.3. The third-order valence-corrected chi connectivity index (χ3v) is 12.5. The van der Waals surface area contributed by atoms with Crippen LogP contribution in [0.2, 0.25) is 0 Å². The van der Waals surface area contributed by atoms with E-state index in [9.17, 15) is 0 Å². The molecule has 6 heteroatoms. The van der Waals surface area contributed by atoms with Gasteiger partial charge in [-0.05, 0) is 104 Å². The molecule has 0 fully saturated rings. The first-order chi connectivity index (χ1) is 32.0. The maximum absolute atomic E-state index is 9.11. The van der Waals surface area contributed by atoms with E-state index >= 15 is 0 Å². The van der Waals surface area contributed by atoms with Crippen LogP contribution in [0, 0.1) is 32.6 Å². The molecule has 0 aliphatic carbocycles. The summed E-state index contributed by atoms with van der Waals surface area (Å²) < 4.78 is 46.3. The van der Waals surface area contributed by atoms with Gasteiger partial charge in [-0.2, -0.15) is 6.07 Å². The van der Waals surface area contributed by atoms with E-state index in [1.165, 1.54) is 21.7 Å². The van der Waals surface area contributed by atoms with Gasteiger partial charge in [0.1, 0.15) is 5.82 Å². The Hall–Kier alpha value is -6.55. The van der Waals surface area contributed by atoms with E-state index in [-0.39, 0.29) is 56.1 Å². The zero-order chi connectivity index (χ0) is 46.8. The fraction of sp³-hybridized carbons (Fsp3) is 0.172. The molecule has 320 valence electrons. The van der Waals surface area contributed by atoms with Crippen molar-refractivity contribution in [2.45, 2.75) is 66.2 Å². The maximum atomic E-state index is 9.11. The molecule has 0 saturated heterocycles. The van der Waals surface area contributed by atoms with Crippen molar-refractivity contribution in [3.63, 3.8) is 0 Å². The molecule has 0 radical (unpaired) electrons. The van der Waals surface area contributed by atoms with Gasteiger partial charge in [0, 0.05) is 50.0 Å². The third-order valence-electron chi connectivity index (χ3n) is 12.5. The van der Waals surface area contributed by atoms with E-state index in [4.69, 9.17) is 15.2 Å². The van der Waals surface area contributed by atoms with E-state index in [1.54, 1.807) is 10.8 Å². The topological polar surface area (TPSA) is 35.2 Å². The van der Waals surface area contributed by atoms with Crippen LogP contribution in [0.3, 0.4) is 0 Å². The van der Waals surface area contributed by atoms with Gasteiger partial charge in [-0.25, -0.2) is 4.98 Å². The van der Waals surface area contributed by atoms with Gasteiger partial charge in [0.15, 0.2) is 0 Å². The van der Waals surface area contributed by atoms with Crippen molar-refractivity contribution in [1.82, 2.24) is 14.1 Å². The minimum absolute atomic E-state index is 0. The first kappa shape index (κ1) is 36.9. The fourth-order valence-electron chi connectivity index (χ4n) is 9.24. The van der Waals surface area contributed by atoms with Crippen molar-refractivity contribution in [3.8, 4) is 17.3 Å². The van der Waals surface area contributed by atoms with Crippen LogP contribution in [-0.4, -0.2) is 14.1 Å². The predicted octanol–water partition coefficient (Wildman–Crippen LogP) is 15.4. The van der Waals surface area contributed by atoms with E-state index in [1.807, 2.05) is 30.3 Å². The molecular weight excluding hydrogens is 964 g/mol. The van der Waals surface area contributed by atoms with Crippen molar-refractivity contribution in [2.24, 2.45) is 0 Å². The molecule has 0 bridgehead atoms. The van der Waals surface area contributed by atoms with Crippen LogP contribution < -0.4 is 9.64 Å². The Balaban J connectivity index is 0.00000539. The monoisotopic (exact) mass is 1020 g/mol. The summed E-state index contributed by atoms with van der Waals surface area (Å²) in [5, 5.41) is 8.02. The molecule has 1 aliphatic heterocycles. The molecule has 0 saturated carbocycles. The van der Waals surface area contributed by atoms with Crippen molar-refractivity contribution < 1.29 is 31.3 Å². The summed E-state index contributed by atoms with van der Waals surface area (Å²) in [6, 6.07) is 46.8. The summed E-state index contributed by atoms with van der Waals surface area (Å²) in [5.41, 5.74) is 8.86. The van der Waals surface area contributed by atoms with E-state index in [0.717, 1.165) is 55.3 Å². The fourth-order valence-corrected chi connectivity index (χ4v) is 9.24. The maximum Gasteiger partial charge on any atom is 0.135 e. The minimum atomic E-state index is -0.308. The van der Waals surface area contributed by atoms with Gasteiger partial charge in [0.2, 0.25) is 0 Å². The van der Waals surface area contributed by atoms with Crippen LogP contribution in [0.4, 0.5) is 11.4 Å². The molecule has 3 aromatic heterocycles. The van der Waals surface area contributed by atoms with Crippen molar-refractivity contribution in [1.29, 1.82) is 0 Å². The summed E-state index contributed by atoms with van der Waals surface area (Å²) in [4.78, 5) is 6.98. The number of nitrogens with zero attached hydrogens (tertiary/aromatic N) is 4. The zero-order valence-electron chi connectivity index (χ0n) is 41.1. The average Bonchev–Trinajstić information content (AvgIpc) is 3.87. The Bertz CT molecular complexity index is 3820. The molecule has 0 spiro atoms. The van der Waals surface area contributed by atoms with Gasteiger partial charge in [0.05, 0.1) is 5.48 Å². The molecule has 0 amide bonds. The zero-order valence-corrected chi connectivity index (χ0v) is 39.4. The molecule has 64 heavy (non-hydrogen) atoms. The molecule has 4 heterocycles. The number of fused-ring (bicyclic) bond motifs is 10. The molecule has 0 atom stereocenters. The molecule has 11 rings (SSSR count). The summed E-state index contributed by atoms with van der Waals surface area (Å²) in [6.07, 6.45) is 1.75. The van der Waals surface area contributed by atoms with Gasteiger partial charge in [0.25, 0.3) is 0 Å². The van der Waals surface area contributed by atoms with Crippen LogP contribution in [0.5, 0.6) is 11.5 Å². The Morgan fingerprint density at radius 1 is 0.609 bits per heavy atom. The largest absolute Gasteiger partial charge is 0.509 e. The predicted molar refractivity (Wildman–Crippen MR) is 264 cm³/mol. The van der Waals surface area contributed by atoms with Gasteiger partial charge >= 0.3 is 0 Å². The normalized spacial score (nSPS) is 13.5. The number of aromatic nitrogens is 3. The van der Waals surface area contributed by atoms with E-state index in [2.05, 4.69) is 169 Å². The smallest absolute Gasteiger partial charge is 0.135 e. The van der Waals surface area contributed by atoms with Crippen molar-refractivity contribution >= 4 is 76.5 Å². The third kappa shape index (κ3) is 6.80. The molecule has 5 nitrogen and oxygen atoms in total. The van der Waals surface area contributed by atoms with Gasteiger partial charge in [-0.1, -0.05) is 160 Å². The second-order valence-corrected chi connectivity index (χ2v) is 18.9. The number of ether oxygens (including phenoxy) is 1. The number of anilines is 2. The van der Waals surface area contributed by atoms with Crippen LogP contribution in [0.25, 0.3) is 71.0 Å². The van der Waals surface area contributed by atoms with Crippen molar-refractivity contribution in [3.05, 3.63) is 187 Å². The summed E-state index contributed by atoms with van der Waals surface area (Å²) in [5.74, 6) is 1.42. The van der Waals surface area contributed by atoms with Crippen molar-refractivity contribution in [2.75, 3.05) is 4.90 Å². The Morgan fingerprint density at radius 3 is 2.08 bits per heavy atom. The first-order valence-electron chi connectivity index (χ1n) is 23.5. The molecule has 7 aromatic carbocycles. The van der Waals surface area contributed by atoms with Crippen LogP contribution in [0.1, 0.15) is 69.3 Å². The standard InChI is InChI=1S/C58H49N4O.Pt/c1-36-23-25-45-43-16-9-10-17-44(43)48-20-14-22-52-56(48)61(55-37(2)15-13-19-49(55)50(45)29-36)35-60(52)40-30-39(58(6,7)8)31-42(33-40)63-41-24-26-47-46-18-11-12-21-51(46)62(53(47)34-41)54-32-38(27-28-59-54)57(3,4)5;/h9-32,35H,1-8H3;/q-3;/i11D,12D,18D,21D;. The molecule has 1 aliphatic rings. The summed E-state index contributed by atoms with van der Waals surface area (Å²) in [6.45, 7) is 19.5. The molecule has 0 unspecified atom stereocenters. The van der Waals surface area contributed by atoms with Gasteiger partial charge < -0.3 is 18.8 Å². The number of rotatable bonds is 4. The molecular formula is C58H49N4OPt-3. The van der Waals surface area contributed by atoms with Gasteiger partial charge in [-0.15, -0.1) is 41.3 Å². The number of hydrogen-bond acceptors (Lipinski definition) is 3. The van der Waals surface area contributed by atoms with Crippen LogP contribution in [-0.2, 0) is 31.9 Å². The Morgan fingerprint density at radius 2 is 1.30 bits per heavy atom. The number of pyridine rings is 1. The molecule has 10 aromatic rings. The number of hydrogen-bond donors (Lipinski definition) is 0. The quantitative estimate of drug-likeness (QED) is 0.165. The number of aryl methyl sites for hydroxylation is 2. The van der Waals surface area contributed by atoms with E-state index < -0.39 is 0 Å². The number of para-hydroxylation sites is 3. The summed E-state index contributed by atoms with van der Waals surface area (Å²) >= 11 is 0. The number of benzene rings is 7. The average molecular weight is 1020 g/mol. The summed E-state index contributed by atoms with van der Waals surface area (Å²) in [7, 11) is 0. The van der Waals surface area contributed by atoms with Crippen LogP contribution in [0.15, 0.2) is 146 Å². The minimum Gasteiger partial charge on any atom is -0.509 e.